The summed E-state index contributed by atoms with van der Waals surface area (Å²) in [5.41, 5.74) is 6.03. The van der Waals surface area contributed by atoms with Gasteiger partial charge in [0, 0.05) is 27.9 Å². The maximum atomic E-state index is 4.47. The second-order valence-electron chi connectivity index (χ2n) is 5.13. The van der Waals surface area contributed by atoms with Crippen molar-refractivity contribution < 1.29 is 0 Å². The molecule has 4 aromatic rings. The van der Waals surface area contributed by atoms with Crippen LogP contribution >= 0.6 is 23.1 Å². The minimum atomic E-state index is 1.00. The van der Waals surface area contributed by atoms with Crippen LogP contribution in [0.25, 0.3) is 21.1 Å². The summed E-state index contributed by atoms with van der Waals surface area (Å²) in [4.78, 5) is 10.1. The van der Waals surface area contributed by atoms with Gasteiger partial charge in [0.2, 0.25) is 0 Å². The molecule has 5 heteroatoms. The van der Waals surface area contributed by atoms with Gasteiger partial charge in [0.15, 0.2) is 0 Å². The molecule has 0 amide bonds. The number of hydrogen-bond donors (Lipinski definition) is 1. The van der Waals surface area contributed by atoms with Gasteiger partial charge in [0.25, 0.3) is 0 Å². The Morgan fingerprint density at radius 2 is 2.00 bits per heavy atom. The number of thioether (sulfide) groups is 1. The van der Waals surface area contributed by atoms with Gasteiger partial charge in [-0.25, -0.2) is 4.98 Å². The third-order valence-corrected chi connectivity index (χ3v) is 5.32. The normalized spacial score (nSPS) is 11.2. The molecule has 0 aliphatic carbocycles. The van der Waals surface area contributed by atoms with E-state index in [-0.39, 0.29) is 0 Å². The van der Waals surface area contributed by atoms with Gasteiger partial charge >= 0.3 is 0 Å². The van der Waals surface area contributed by atoms with Crippen LogP contribution in [0.2, 0.25) is 0 Å². The van der Waals surface area contributed by atoms with E-state index in [0.29, 0.717) is 0 Å². The molecule has 2 aromatic carbocycles. The summed E-state index contributed by atoms with van der Waals surface area (Å²) in [6, 6.07) is 14.7. The van der Waals surface area contributed by atoms with Crippen LogP contribution in [0.15, 0.2) is 59.1 Å². The zero-order valence-corrected chi connectivity index (χ0v) is 14.2. The maximum Gasteiger partial charge on any atom is 0.0832 e. The van der Waals surface area contributed by atoms with Crippen LogP contribution in [0.5, 0.6) is 0 Å². The van der Waals surface area contributed by atoms with Crippen LogP contribution in [0, 0.1) is 0 Å². The first-order valence-electron chi connectivity index (χ1n) is 7.45. The number of hydrogen-bond acceptors (Lipinski definition) is 5. The molecule has 3 nitrogen and oxygen atoms in total. The fourth-order valence-electron chi connectivity index (χ4n) is 2.58. The Kier molecular flexibility index (Phi) is 3.89. The number of nitrogens with zero attached hydrogens (tertiary/aromatic N) is 2. The predicted octanol–water partition coefficient (Wildman–Crippen LogP) is 5.70. The first kappa shape index (κ1) is 14.5. The Labute approximate surface area is 142 Å². The molecular formula is C18H15N3S2. The number of anilines is 2. The average Bonchev–Trinajstić information content (AvgIpc) is 3.03. The highest BCUT2D eigenvalue weighted by Gasteiger charge is 2.05. The molecule has 0 aliphatic rings. The van der Waals surface area contributed by atoms with Crippen LogP contribution in [-0.4, -0.2) is 15.7 Å². The molecule has 0 spiro atoms. The Balaban J connectivity index is 1.76. The first-order valence-corrected chi connectivity index (χ1v) is 9.32. The summed E-state index contributed by atoms with van der Waals surface area (Å²) >= 11 is 3.50. The third kappa shape index (κ3) is 2.90. The van der Waals surface area contributed by atoms with E-state index in [2.05, 4.69) is 58.6 Å². The number of pyridine rings is 1. The summed E-state index contributed by atoms with van der Waals surface area (Å²) in [5, 5.41) is 4.66. The van der Waals surface area contributed by atoms with Crippen molar-refractivity contribution in [2.45, 2.75) is 11.8 Å². The molecule has 4 rings (SSSR count). The number of thiazole rings is 1. The fraction of sp³-hybridized carbons (Fsp3) is 0.111. The second kappa shape index (κ2) is 6.18. The fourth-order valence-corrected chi connectivity index (χ4v) is 3.94. The molecule has 23 heavy (non-hydrogen) atoms. The second-order valence-corrected chi connectivity index (χ2v) is 7.35. The van der Waals surface area contributed by atoms with Crippen LogP contribution < -0.4 is 5.32 Å². The van der Waals surface area contributed by atoms with Crippen molar-refractivity contribution in [2.75, 3.05) is 11.1 Å². The van der Waals surface area contributed by atoms with Crippen LogP contribution in [0.1, 0.15) is 6.92 Å². The molecule has 0 saturated carbocycles. The van der Waals surface area contributed by atoms with Crippen LogP contribution in [-0.2, 0) is 0 Å². The SMILES string of the molecule is CCSc1ccc2nccc(Nc3ccc4scnc4c3)c2c1. The highest BCUT2D eigenvalue weighted by molar-refractivity contribution is 7.99. The molecule has 0 bridgehead atoms. The lowest BCUT2D eigenvalue weighted by Crippen LogP contribution is -1.93. The van der Waals surface area contributed by atoms with E-state index in [1.807, 2.05) is 29.5 Å². The van der Waals surface area contributed by atoms with E-state index in [4.69, 9.17) is 0 Å². The number of fused-ring (bicyclic) bond motifs is 2. The van der Waals surface area contributed by atoms with Crippen molar-refractivity contribution in [3.8, 4) is 0 Å². The van der Waals surface area contributed by atoms with Crippen molar-refractivity contribution in [1.82, 2.24) is 9.97 Å². The third-order valence-electron chi connectivity index (χ3n) is 3.63. The lowest BCUT2D eigenvalue weighted by Gasteiger charge is -2.10. The summed E-state index contributed by atoms with van der Waals surface area (Å²) in [6.07, 6.45) is 1.85. The summed E-state index contributed by atoms with van der Waals surface area (Å²) < 4.78 is 1.21. The summed E-state index contributed by atoms with van der Waals surface area (Å²) in [7, 11) is 0. The first-order chi connectivity index (χ1) is 11.3. The van der Waals surface area contributed by atoms with Gasteiger partial charge in [0.1, 0.15) is 0 Å². The smallest absolute Gasteiger partial charge is 0.0832 e. The van der Waals surface area contributed by atoms with Gasteiger partial charge in [0.05, 0.1) is 21.2 Å². The van der Waals surface area contributed by atoms with Crippen molar-refractivity contribution in [2.24, 2.45) is 0 Å². The molecular weight excluding hydrogens is 322 g/mol. The van der Waals surface area contributed by atoms with Crippen molar-refractivity contribution in [1.29, 1.82) is 0 Å². The zero-order valence-electron chi connectivity index (χ0n) is 12.6. The number of nitrogens with one attached hydrogen (secondary N) is 1. The lowest BCUT2D eigenvalue weighted by molar-refractivity contribution is 1.37. The van der Waals surface area contributed by atoms with Gasteiger partial charge < -0.3 is 5.32 Å². The van der Waals surface area contributed by atoms with Crippen molar-refractivity contribution >= 4 is 55.6 Å². The van der Waals surface area contributed by atoms with E-state index in [1.54, 1.807) is 11.3 Å². The van der Waals surface area contributed by atoms with E-state index in [9.17, 15) is 0 Å². The van der Waals surface area contributed by atoms with Gasteiger partial charge in [-0.2, -0.15) is 0 Å². The molecule has 0 aliphatic heterocycles. The quantitative estimate of drug-likeness (QED) is 0.485. The number of benzene rings is 2. The molecule has 0 fully saturated rings. The highest BCUT2D eigenvalue weighted by Crippen LogP contribution is 2.30. The summed E-state index contributed by atoms with van der Waals surface area (Å²) in [6.45, 7) is 2.17. The van der Waals surface area contributed by atoms with Gasteiger partial charge in [-0.05, 0) is 48.2 Å². The monoisotopic (exact) mass is 337 g/mol. The molecule has 0 unspecified atom stereocenters. The Morgan fingerprint density at radius 1 is 1.04 bits per heavy atom. The van der Waals surface area contributed by atoms with Crippen molar-refractivity contribution in [3.05, 3.63) is 54.2 Å². The van der Waals surface area contributed by atoms with Gasteiger partial charge in [-0.15, -0.1) is 23.1 Å². The molecule has 0 saturated heterocycles. The molecule has 114 valence electrons. The number of rotatable bonds is 4. The highest BCUT2D eigenvalue weighted by atomic mass is 32.2. The van der Waals surface area contributed by atoms with Crippen LogP contribution in [0.3, 0.4) is 0 Å². The van der Waals surface area contributed by atoms with E-state index < -0.39 is 0 Å². The average molecular weight is 337 g/mol. The minimum absolute atomic E-state index is 1.00. The number of aromatic nitrogens is 2. The predicted molar refractivity (Wildman–Crippen MR) is 101 cm³/mol. The largest absolute Gasteiger partial charge is 0.355 e. The van der Waals surface area contributed by atoms with Gasteiger partial charge in [-0.3, -0.25) is 4.98 Å². The topological polar surface area (TPSA) is 37.8 Å². The Bertz CT molecular complexity index is 978. The van der Waals surface area contributed by atoms with E-state index in [0.717, 1.165) is 33.5 Å². The van der Waals surface area contributed by atoms with Crippen LogP contribution in [0.4, 0.5) is 11.4 Å². The minimum Gasteiger partial charge on any atom is -0.355 e. The molecule has 0 radical (unpaired) electrons. The molecule has 2 aromatic heterocycles. The van der Waals surface area contributed by atoms with Gasteiger partial charge in [-0.1, -0.05) is 6.92 Å². The molecule has 1 N–H and O–H groups in total. The lowest BCUT2D eigenvalue weighted by atomic mass is 10.2. The molecule has 0 atom stereocenters. The molecule has 2 heterocycles. The zero-order chi connectivity index (χ0) is 15.6. The summed E-state index contributed by atoms with van der Waals surface area (Å²) in [5.74, 6) is 1.06. The van der Waals surface area contributed by atoms with Crippen molar-refractivity contribution in [3.63, 3.8) is 0 Å². The van der Waals surface area contributed by atoms with E-state index in [1.165, 1.54) is 9.60 Å². The Hall–Kier alpha value is -2.11. The maximum absolute atomic E-state index is 4.47. The standard InChI is InChI=1S/C18H15N3S2/c1-2-22-13-4-5-15-14(10-13)16(7-8-19-15)21-12-3-6-18-17(9-12)20-11-23-18/h3-11H,2H2,1H3,(H,19,21). The van der Waals surface area contributed by atoms with E-state index >= 15 is 0 Å². The Morgan fingerprint density at radius 3 is 2.91 bits per heavy atom.